The molecule has 3 N–H and O–H groups in total. The van der Waals surface area contributed by atoms with Crippen LogP contribution in [0.15, 0.2) is 59.1 Å². The Bertz CT molecular complexity index is 1360. The first-order valence-electron chi connectivity index (χ1n) is 11.1. The summed E-state index contributed by atoms with van der Waals surface area (Å²) in [6.07, 6.45) is 1.40. The van der Waals surface area contributed by atoms with Crippen LogP contribution >= 0.6 is 11.6 Å². The SMILES string of the molecule is COC(=O)C1=C(N)N(c2cccc(C)c2C)C2=C(C(=O)CCC2)C12C(=O)Nc1ccc(Cl)cc12. The molecule has 1 atom stereocenters. The molecule has 0 saturated carbocycles. The maximum absolute atomic E-state index is 13.8. The van der Waals surface area contributed by atoms with Crippen molar-refractivity contribution in [3.8, 4) is 0 Å². The molecule has 0 aromatic heterocycles. The third-order valence-electron chi connectivity index (χ3n) is 7.08. The summed E-state index contributed by atoms with van der Waals surface area (Å²) in [5.41, 5.74) is 9.47. The van der Waals surface area contributed by atoms with Gasteiger partial charge in [0, 0.05) is 34.0 Å². The molecule has 0 bridgehead atoms. The largest absolute Gasteiger partial charge is 0.466 e. The molecule has 174 valence electrons. The summed E-state index contributed by atoms with van der Waals surface area (Å²) in [5, 5.41) is 3.22. The minimum atomic E-state index is -1.74. The number of ether oxygens (including phenoxy) is 1. The average molecular weight is 478 g/mol. The lowest BCUT2D eigenvalue weighted by Crippen LogP contribution is -2.53. The number of benzene rings is 2. The van der Waals surface area contributed by atoms with Crippen LogP contribution in [0.5, 0.6) is 0 Å². The van der Waals surface area contributed by atoms with Gasteiger partial charge in [0.15, 0.2) is 5.78 Å². The monoisotopic (exact) mass is 477 g/mol. The standard InChI is InChI=1S/C26H24ClN3O4/c1-13-6-4-7-18(14(13)2)30-19-8-5-9-20(31)21(19)26(22(23(30)28)24(32)34-3)16-12-15(27)10-11-17(16)29-25(26)33/h4,6-7,10-12H,5,8-9,28H2,1-3H3,(H,29,33). The Morgan fingerprint density at radius 2 is 1.94 bits per heavy atom. The number of nitrogens with zero attached hydrogens (tertiary/aromatic N) is 1. The molecule has 7 nitrogen and oxygen atoms in total. The topological polar surface area (TPSA) is 102 Å². The number of esters is 1. The van der Waals surface area contributed by atoms with Crippen molar-refractivity contribution in [3.05, 3.63) is 80.8 Å². The molecule has 34 heavy (non-hydrogen) atoms. The Kier molecular flexibility index (Phi) is 5.06. The van der Waals surface area contributed by atoms with Crippen LogP contribution in [0.25, 0.3) is 0 Å². The number of amides is 1. The predicted octanol–water partition coefficient (Wildman–Crippen LogP) is 4.02. The lowest BCUT2D eigenvalue weighted by molar-refractivity contribution is -0.138. The van der Waals surface area contributed by atoms with Crippen molar-refractivity contribution in [3.63, 3.8) is 0 Å². The third kappa shape index (κ3) is 2.80. The van der Waals surface area contributed by atoms with Crippen LogP contribution in [-0.2, 0) is 24.5 Å². The Labute approximate surface area is 202 Å². The lowest BCUT2D eigenvalue weighted by Gasteiger charge is -2.44. The zero-order valence-corrected chi connectivity index (χ0v) is 19.9. The van der Waals surface area contributed by atoms with Crippen LogP contribution in [0.2, 0.25) is 5.02 Å². The molecule has 0 radical (unpaired) electrons. The Morgan fingerprint density at radius 1 is 1.18 bits per heavy atom. The fraction of sp³-hybridized carbons (Fsp3) is 0.269. The van der Waals surface area contributed by atoms with Crippen LogP contribution in [0.3, 0.4) is 0 Å². The molecule has 0 saturated heterocycles. The number of hydrogen-bond donors (Lipinski definition) is 2. The average Bonchev–Trinajstić information content (AvgIpc) is 3.08. The van der Waals surface area contributed by atoms with Gasteiger partial charge in [-0.05, 0) is 62.1 Å². The summed E-state index contributed by atoms with van der Waals surface area (Å²) in [5.74, 6) is -1.43. The van der Waals surface area contributed by atoms with E-state index in [0.717, 1.165) is 16.8 Å². The van der Waals surface area contributed by atoms with Gasteiger partial charge in [-0.2, -0.15) is 0 Å². The quantitative estimate of drug-likeness (QED) is 0.633. The van der Waals surface area contributed by atoms with E-state index < -0.39 is 17.3 Å². The second-order valence-corrected chi connectivity index (χ2v) is 9.24. The fourth-order valence-electron chi connectivity index (χ4n) is 5.43. The van der Waals surface area contributed by atoms with E-state index >= 15 is 0 Å². The molecule has 3 aliphatic rings. The zero-order valence-electron chi connectivity index (χ0n) is 19.1. The second kappa shape index (κ2) is 7.74. The van der Waals surface area contributed by atoms with Gasteiger partial charge < -0.3 is 15.8 Å². The van der Waals surface area contributed by atoms with E-state index in [-0.39, 0.29) is 29.2 Å². The van der Waals surface area contributed by atoms with Crippen LogP contribution in [0.1, 0.15) is 36.0 Å². The molecule has 1 amide bonds. The minimum absolute atomic E-state index is 0.0666. The number of halogens is 1. The number of carbonyl (C=O) groups excluding carboxylic acids is 3. The van der Waals surface area contributed by atoms with Gasteiger partial charge in [0.05, 0.1) is 12.8 Å². The normalized spacial score (nSPS) is 21.6. The highest BCUT2D eigenvalue weighted by Crippen LogP contribution is 2.56. The van der Waals surface area contributed by atoms with E-state index in [0.29, 0.717) is 34.8 Å². The van der Waals surface area contributed by atoms with Crippen molar-refractivity contribution in [2.24, 2.45) is 5.73 Å². The van der Waals surface area contributed by atoms with E-state index in [9.17, 15) is 14.4 Å². The second-order valence-electron chi connectivity index (χ2n) is 8.80. The third-order valence-corrected chi connectivity index (χ3v) is 7.32. The maximum atomic E-state index is 13.8. The van der Waals surface area contributed by atoms with Crippen LogP contribution in [0.4, 0.5) is 11.4 Å². The summed E-state index contributed by atoms with van der Waals surface area (Å²) in [6.45, 7) is 3.94. The number of Topliss-reactive ketones (excluding diaryl/α,β-unsaturated/α-hetero) is 1. The number of fused-ring (bicyclic) bond motifs is 3. The Hall–Kier alpha value is -3.58. The molecule has 0 fully saturated rings. The number of nitrogens with two attached hydrogens (primary N) is 1. The van der Waals surface area contributed by atoms with Crippen molar-refractivity contribution in [1.82, 2.24) is 0 Å². The summed E-state index contributed by atoms with van der Waals surface area (Å²) >= 11 is 6.33. The van der Waals surface area contributed by atoms with Crippen molar-refractivity contribution >= 4 is 40.6 Å². The highest BCUT2D eigenvalue weighted by atomic mass is 35.5. The minimum Gasteiger partial charge on any atom is -0.466 e. The first-order valence-corrected chi connectivity index (χ1v) is 11.4. The molecule has 1 aliphatic carbocycles. The number of hydrogen-bond acceptors (Lipinski definition) is 6. The lowest BCUT2D eigenvalue weighted by atomic mass is 9.63. The smallest absolute Gasteiger partial charge is 0.339 e. The Morgan fingerprint density at radius 3 is 2.68 bits per heavy atom. The fourth-order valence-corrected chi connectivity index (χ4v) is 5.61. The van der Waals surface area contributed by atoms with E-state index in [4.69, 9.17) is 22.1 Å². The number of anilines is 2. The van der Waals surface area contributed by atoms with Gasteiger partial charge in [-0.1, -0.05) is 23.7 Å². The van der Waals surface area contributed by atoms with Crippen LogP contribution < -0.4 is 16.0 Å². The summed E-state index contributed by atoms with van der Waals surface area (Å²) in [4.78, 5) is 42.5. The highest BCUT2D eigenvalue weighted by molar-refractivity contribution is 6.31. The zero-order chi connectivity index (χ0) is 24.4. The number of rotatable bonds is 2. The summed E-state index contributed by atoms with van der Waals surface area (Å²) < 4.78 is 5.14. The number of nitrogens with one attached hydrogen (secondary N) is 1. The predicted molar refractivity (Wildman–Crippen MR) is 129 cm³/mol. The highest BCUT2D eigenvalue weighted by Gasteiger charge is 2.62. The van der Waals surface area contributed by atoms with E-state index in [2.05, 4.69) is 5.32 Å². The molecular weight excluding hydrogens is 454 g/mol. The van der Waals surface area contributed by atoms with Crippen LogP contribution in [0, 0.1) is 13.8 Å². The number of allylic oxidation sites excluding steroid dienone is 1. The summed E-state index contributed by atoms with van der Waals surface area (Å²) in [7, 11) is 1.23. The van der Waals surface area contributed by atoms with Gasteiger partial charge in [-0.25, -0.2) is 4.79 Å². The number of ketones is 1. The molecular formula is C26H24ClN3O4. The van der Waals surface area contributed by atoms with Gasteiger partial charge in [0.1, 0.15) is 16.8 Å². The number of carbonyl (C=O) groups is 3. The molecule has 2 aromatic carbocycles. The van der Waals surface area contributed by atoms with E-state index in [1.54, 1.807) is 23.1 Å². The molecule has 1 spiro atoms. The van der Waals surface area contributed by atoms with Crippen molar-refractivity contribution in [1.29, 1.82) is 0 Å². The Balaban J connectivity index is 1.94. The molecule has 2 heterocycles. The van der Waals surface area contributed by atoms with Crippen molar-refractivity contribution in [2.75, 3.05) is 17.3 Å². The maximum Gasteiger partial charge on any atom is 0.339 e. The van der Waals surface area contributed by atoms with Crippen molar-refractivity contribution in [2.45, 2.75) is 38.5 Å². The molecule has 8 heteroatoms. The van der Waals surface area contributed by atoms with E-state index in [1.165, 1.54) is 7.11 Å². The number of aryl methyl sites for hydroxylation is 1. The molecule has 2 aliphatic heterocycles. The van der Waals surface area contributed by atoms with E-state index in [1.807, 2.05) is 32.0 Å². The van der Waals surface area contributed by atoms with Gasteiger partial charge in [0.25, 0.3) is 0 Å². The first kappa shape index (κ1) is 22.2. The molecule has 1 unspecified atom stereocenters. The van der Waals surface area contributed by atoms with Crippen LogP contribution in [-0.4, -0.2) is 24.8 Å². The van der Waals surface area contributed by atoms with Crippen molar-refractivity contribution < 1.29 is 19.1 Å². The van der Waals surface area contributed by atoms with Gasteiger partial charge in [-0.15, -0.1) is 0 Å². The summed E-state index contributed by atoms with van der Waals surface area (Å²) in [6, 6.07) is 10.7. The van der Waals surface area contributed by atoms with Gasteiger partial charge >= 0.3 is 5.97 Å². The molecule has 2 aromatic rings. The van der Waals surface area contributed by atoms with Gasteiger partial charge in [0.2, 0.25) is 5.91 Å². The molecule has 5 rings (SSSR count). The number of methoxy groups -OCH3 is 1. The first-order chi connectivity index (χ1) is 16.2. The van der Waals surface area contributed by atoms with Gasteiger partial charge in [-0.3, -0.25) is 14.5 Å².